The number of nitrogens with zero attached hydrogens (tertiary/aromatic N) is 2. The Kier molecular flexibility index (Phi) is 8.38. The van der Waals surface area contributed by atoms with Crippen molar-refractivity contribution in [1.29, 1.82) is 0 Å². The molecule has 1 aliphatic heterocycles. The molecule has 14 heteroatoms. The van der Waals surface area contributed by atoms with E-state index in [0.29, 0.717) is 30.0 Å². The minimum Gasteiger partial charge on any atom is -0.344 e. The van der Waals surface area contributed by atoms with E-state index in [9.17, 15) is 52.7 Å². The van der Waals surface area contributed by atoms with Crippen LogP contribution in [0.1, 0.15) is 46.2 Å². The van der Waals surface area contributed by atoms with Crippen LogP contribution in [0.3, 0.4) is 0 Å². The van der Waals surface area contributed by atoms with Crippen molar-refractivity contribution in [3.05, 3.63) is 94.3 Å². The zero-order valence-electron chi connectivity index (χ0n) is 21.3. The predicted octanol–water partition coefficient (Wildman–Crippen LogP) is 8.60. The Morgan fingerprint density at radius 1 is 0.535 bits per heavy atom. The Hall–Kier alpha value is -4.33. The van der Waals surface area contributed by atoms with E-state index in [1.165, 1.54) is 29.4 Å². The molecule has 1 aliphatic rings. The first-order valence-electron chi connectivity index (χ1n) is 12.1. The smallest absolute Gasteiger partial charge is 0.344 e. The topological polar surface area (TPSA) is 16.1 Å². The van der Waals surface area contributed by atoms with Gasteiger partial charge >= 0.3 is 24.7 Å². The monoisotopic (exact) mass is 620 g/mol. The molecular formula is C29H16F12N2. The predicted molar refractivity (Wildman–Crippen MR) is 130 cm³/mol. The van der Waals surface area contributed by atoms with Gasteiger partial charge in [-0.1, -0.05) is 23.7 Å². The molecule has 1 fully saturated rings. The lowest BCUT2D eigenvalue weighted by atomic mass is 10.0. The van der Waals surface area contributed by atoms with Crippen molar-refractivity contribution >= 4 is 5.69 Å². The van der Waals surface area contributed by atoms with Gasteiger partial charge in [0.05, 0.1) is 34.3 Å². The second-order valence-electron chi connectivity index (χ2n) is 9.35. The van der Waals surface area contributed by atoms with E-state index in [4.69, 9.17) is 0 Å². The van der Waals surface area contributed by atoms with Crippen LogP contribution in [0.15, 0.2) is 60.9 Å². The molecule has 226 valence electrons. The van der Waals surface area contributed by atoms with Crippen LogP contribution in [0.4, 0.5) is 58.4 Å². The number of anilines is 1. The lowest BCUT2D eigenvalue weighted by Gasteiger charge is -2.27. The van der Waals surface area contributed by atoms with Crippen molar-refractivity contribution in [3.8, 4) is 23.7 Å². The number of hydrogen-bond donors (Lipinski definition) is 0. The van der Waals surface area contributed by atoms with E-state index in [0.717, 1.165) is 0 Å². The highest BCUT2D eigenvalue weighted by molar-refractivity contribution is 5.55. The van der Waals surface area contributed by atoms with Crippen molar-refractivity contribution in [2.24, 2.45) is 0 Å². The van der Waals surface area contributed by atoms with Crippen LogP contribution in [0, 0.1) is 23.7 Å². The largest absolute Gasteiger partial charge is 0.416 e. The third kappa shape index (κ3) is 7.74. The van der Waals surface area contributed by atoms with Crippen LogP contribution in [-0.2, 0) is 24.7 Å². The zero-order chi connectivity index (χ0) is 31.8. The third-order valence-corrected chi connectivity index (χ3v) is 6.29. The van der Waals surface area contributed by atoms with Gasteiger partial charge in [-0.3, -0.25) is 4.98 Å². The Morgan fingerprint density at radius 2 is 0.860 bits per heavy atom. The van der Waals surface area contributed by atoms with Crippen molar-refractivity contribution in [3.63, 3.8) is 0 Å². The molecule has 0 aliphatic carbocycles. The summed E-state index contributed by atoms with van der Waals surface area (Å²) in [7, 11) is 0. The number of rotatable bonds is 1. The number of pyridine rings is 1. The van der Waals surface area contributed by atoms with Crippen LogP contribution in [0.25, 0.3) is 0 Å². The first kappa shape index (κ1) is 31.6. The van der Waals surface area contributed by atoms with Crippen molar-refractivity contribution in [2.45, 2.75) is 49.6 Å². The van der Waals surface area contributed by atoms with Gasteiger partial charge in [-0.05, 0) is 61.4 Å². The SMILES string of the molecule is FC(F)(F)c1cc(C#C[C@@H]2CC[C@@H](C#Cc3cc(C(F)(F)F)cc(C(F)(F)F)c3)N2c2ccncc2)cc(C(F)(F)F)c1. The summed E-state index contributed by atoms with van der Waals surface area (Å²) in [5.74, 6) is 9.99. The summed E-state index contributed by atoms with van der Waals surface area (Å²) < 4.78 is 159. The van der Waals surface area contributed by atoms with Gasteiger partial charge in [0.25, 0.3) is 0 Å². The summed E-state index contributed by atoms with van der Waals surface area (Å²) in [6.45, 7) is 0. The van der Waals surface area contributed by atoms with Crippen LogP contribution in [0.2, 0.25) is 0 Å². The molecule has 0 bridgehead atoms. The number of halogens is 12. The molecule has 43 heavy (non-hydrogen) atoms. The molecule has 0 spiro atoms. The van der Waals surface area contributed by atoms with Gasteiger partial charge in [0.2, 0.25) is 0 Å². The molecule has 2 nitrogen and oxygen atoms in total. The molecule has 2 heterocycles. The average molecular weight is 620 g/mol. The fraction of sp³-hybridized carbons (Fsp3) is 0.276. The molecule has 1 saturated heterocycles. The first-order chi connectivity index (χ1) is 19.8. The minimum absolute atomic E-state index is 0.0341. The molecule has 3 aromatic rings. The molecule has 4 rings (SSSR count). The molecular weight excluding hydrogens is 604 g/mol. The highest BCUT2D eigenvalue weighted by atomic mass is 19.4. The van der Waals surface area contributed by atoms with Gasteiger partial charge < -0.3 is 4.90 Å². The van der Waals surface area contributed by atoms with Crippen LogP contribution < -0.4 is 4.90 Å². The Morgan fingerprint density at radius 3 is 1.16 bits per heavy atom. The molecule has 0 N–H and O–H groups in total. The number of benzene rings is 2. The fourth-order valence-corrected chi connectivity index (χ4v) is 4.36. The maximum Gasteiger partial charge on any atom is 0.416 e. The molecule has 2 atom stereocenters. The van der Waals surface area contributed by atoms with Crippen molar-refractivity contribution in [1.82, 2.24) is 4.98 Å². The molecule has 0 radical (unpaired) electrons. The second kappa shape index (κ2) is 11.4. The number of aromatic nitrogens is 1. The molecule has 0 amide bonds. The first-order valence-corrected chi connectivity index (χ1v) is 12.1. The van der Waals surface area contributed by atoms with E-state index in [1.54, 1.807) is 0 Å². The summed E-state index contributed by atoms with van der Waals surface area (Å²) in [5.41, 5.74) is -6.91. The van der Waals surface area contributed by atoms with Gasteiger partial charge in [-0.2, -0.15) is 52.7 Å². The summed E-state index contributed by atoms with van der Waals surface area (Å²) in [6, 6.07) is 3.12. The van der Waals surface area contributed by atoms with Crippen molar-refractivity contribution < 1.29 is 52.7 Å². The molecule has 0 unspecified atom stereocenters. The van der Waals surface area contributed by atoms with E-state index < -0.39 is 70.2 Å². The van der Waals surface area contributed by atoms with Gasteiger partial charge in [-0.15, -0.1) is 0 Å². The van der Waals surface area contributed by atoms with Crippen LogP contribution in [-0.4, -0.2) is 17.1 Å². The highest BCUT2D eigenvalue weighted by Crippen LogP contribution is 2.38. The Labute approximate surface area is 236 Å². The summed E-state index contributed by atoms with van der Waals surface area (Å²) >= 11 is 0. The minimum atomic E-state index is -5.08. The van der Waals surface area contributed by atoms with Crippen molar-refractivity contribution in [2.75, 3.05) is 4.90 Å². The van der Waals surface area contributed by atoms with E-state index in [1.807, 2.05) is 0 Å². The fourth-order valence-electron chi connectivity index (χ4n) is 4.36. The summed E-state index contributed by atoms with van der Waals surface area (Å²) in [4.78, 5) is 5.39. The van der Waals surface area contributed by atoms with Gasteiger partial charge in [0, 0.05) is 29.2 Å². The van der Waals surface area contributed by atoms with E-state index in [2.05, 4.69) is 28.7 Å². The van der Waals surface area contributed by atoms with Crippen LogP contribution in [0.5, 0.6) is 0 Å². The summed E-state index contributed by atoms with van der Waals surface area (Å²) in [5, 5.41) is 0. The van der Waals surface area contributed by atoms with E-state index in [-0.39, 0.29) is 25.0 Å². The molecule has 0 saturated carbocycles. The van der Waals surface area contributed by atoms with Gasteiger partial charge in [0.1, 0.15) is 0 Å². The lowest BCUT2D eigenvalue weighted by Crippen LogP contribution is -2.34. The number of hydrogen-bond acceptors (Lipinski definition) is 2. The number of alkyl halides is 12. The van der Waals surface area contributed by atoms with Gasteiger partial charge in [-0.25, -0.2) is 0 Å². The average Bonchev–Trinajstić information content (AvgIpc) is 3.31. The summed E-state index contributed by atoms with van der Waals surface area (Å²) in [6.07, 6.45) is -17.2. The maximum absolute atomic E-state index is 13.2. The molecule has 1 aromatic heterocycles. The Bertz CT molecular complexity index is 1430. The quantitative estimate of drug-likeness (QED) is 0.200. The Balaban J connectivity index is 1.73. The molecule has 2 aromatic carbocycles. The van der Waals surface area contributed by atoms with Gasteiger partial charge in [0.15, 0.2) is 0 Å². The standard InChI is InChI=1S/C29H16F12N2/c30-26(31,32)19-11-17(12-20(15-19)27(33,34)35)1-3-23-5-6-24(43(23)25-7-9-42-10-8-25)4-2-18-13-21(28(36,37)38)16-22(14-18)29(39,40)41/h7-16,23-24H,5-6H2/t23-,24-/m1/s1. The maximum atomic E-state index is 13.2. The second-order valence-corrected chi connectivity index (χ2v) is 9.35. The van der Waals surface area contributed by atoms with E-state index >= 15 is 0 Å². The lowest BCUT2D eigenvalue weighted by molar-refractivity contribution is -0.144. The highest BCUT2D eigenvalue weighted by Gasteiger charge is 2.38. The third-order valence-electron chi connectivity index (χ3n) is 6.29. The van der Waals surface area contributed by atoms with Crippen LogP contribution >= 0.6 is 0 Å². The normalized spacial score (nSPS) is 17.6. The zero-order valence-corrected chi connectivity index (χ0v) is 21.3.